The molecular weight excluding hydrogens is 299 g/mol. The van der Waals surface area contributed by atoms with Gasteiger partial charge in [0.2, 0.25) is 11.8 Å². The Kier molecular flexibility index (Phi) is 4.90. The predicted octanol–water partition coefficient (Wildman–Crippen LogP) is 1.45. The van der Waals surface area contributed by atoms with E-state index in [4.69, 9.17) is 4.74 Å². The van der Waals surface area contributed by atoms with Crippen LogP contribution < -0.4 is 10.1 Å². The largest absolute Gasteiger partial charge is 0.481 e. The fourth-order valence-corrected chi connectivity index (χ4v) is 2.58. The van der Waals surface area contributed by atoms with E-state index in [9.17, 15) is 18.0 Å². The Morgan fingerprint density at radius 2 is 2.18 bits per heavy atom. The van der Waals surface area contributed by atoms with E-state index >= 15 is 0 Å². The van der Waals surface area contributed by atoms with E-state index in [1.807, 2.05) is 0 Å². The number of aromatic nitrogens is 1. The van der Waals surface area contributed by atoms with Crippen molar-refractivity contribution in [1.82, 2.24) is 15.2 Å². The summed E-state index contributed by atoms with van der Waals surface area (Å²) in [5, 5.41) is 2.53. The molecule has 1 aromatic rings. The molecule has 5 nitrogen and oxygen atoms in total. The minimum absolute atomic E-state index is 0.0703. The normalized spacial score (nSPS) is 22.6. The summed E-state index contributed by atoms with van der Waals surface area (Å²) in [6.45, 7) is 0.0152. The molecule has 1 saturated heterocycles. The standard InChI is InChI=1S/C14H18F3N3O2/c1-20-7-10(11(8-20)14(15,16)17)13(21)18-6-9-4-3-5-12(19-9)22-2/h3-5,10-11H,6-8H2,1-2H3,(H,18,21)/t10-,11-/m1/s1. The van der Waals surface area contributed by atoms with E-state index in [1.54, 1.807) is 25.2 Å². The third-order valence-electron chi connectivity index (χ3n) is 3.69. The summed E-state index contributed by atoms with van der Waals surface area (Å²) < 4.78 is 43.9. The second kappa shape index (κ2) is 6.51. The average Bonchev–Trinajstić information content (AvgIpc) is 2.87. The Hall–Kier alpha value is -1.83. The minimum Gasteiger partial charge on any atom is -0.481 e. The highest BCUT2D eigenvalue weighted by molar-refractivity contribution is 5.79. The second-order valence-electron chi connectivity index (χ2n) is 5.36. The molecule has 2 atom stereocenters. The number of alkyl halides is 3. The van der Waals surface area contributed by atoms with Crippen molar-refractivity contribution in [1.29, 1.82) is 0 Å². The summed E-state index contributed by atoms with van der Waals surface area (Å²) >= 11 is 0. The van der Waals surface area contributed by atoms with Crippen molar-refractivity contribution >= 4 is 5.91 Å². The number of nitrogens with one attached hydrogen (secondary N) is 1. The van der Waals surface area contributed by atoms with E-state index in [0.29, 0.717) is 11.6 Å². The highest BCUT2D eigenvalue weighted by Gasteiger charge is 2.51. The molecule has 1 aliphatic heterocycles. The number of pyridine rings is 1. The third kappa shape index (κ3) is 3.88. The summed E-state index contributed by atoms with van der Waals surface area (Å²) in [6, 6.07) is 5.02. The molecule has 1 aromatic heterocycles. The molecule has 8 heteroatoms. The van der Waals surface area contributed by atoms with Crippen LogP contribution in [0.5, 0.6) is 5.88 Å². The summed E-state index contributed by atoms with van der Waals surface area (Å²) in [5.74, 6) is -2.93. The number of amides is 1. The summed E-state index contributed by atoms with van der Waals surface area (Å²) in [5.41, 5.74) is 0.530. The van der Waals surface area contributed by atoms with Crippen molar-refractivity contribution in [3.05, 3.63) is 23.9 Å². The highest BCUT2D eigenvalue weighted by Crippen LogP contribution is 2.37. The summed E-state index contributed by atoms with van der Waals surface area (Å²) in [6.07, 6.45) is -4.37. The van der Waals surface area contributed by atoms with Crippen LogP contribution in [0.15, 0.2) is 18.2 Å². The molecule has 1 fully saturated rings. The number of rotatable bonds is 4. The van der Waals surface area contributed by atoms with Gasteiger partial charge in [-0.1, -0.05) is 6.07 Å². The smallest absolute Gasteiger partial charge is 0.393 e. The van der Waals surface area contributed by atoms with Crippen molar-refractivity contribution in [2.24, 2.45) is 11.8 Å². The van der Waals surface area contributed by atoms with Gasteiger partial charge < -0.3 is 15.0 Å². The van der Waals surface area contributed by atoms with Crippen molar-refractivity contribution in [2.75, 3.05) is 27.2 Å². The van der Waals surface area contributed by atoms with Crippen molar-refractivity contribution in [3.8, 4) is 5.88 Å². The number of hydrogen-bond acceptors (Lipinski definition) is 4. The number of halogens is 3. The lowest BCUT2D eigenvalue weighted by Gasteiger charge is -2.20. The molecule has 0 aliphatic carbocycles. The summed E-state index contributed by atoms with van der Waals surface area (Å²) in [7, 11) is 3.04. The van der Waals surface area contributed by atoms with E-state index in [2.05, 4.69) is 10.3 Å². The number of methoxy groups -OCH3 is 1. The number of nitrogens with zero attached hydrogens (tertiary/aromatic N) is 2. The van der Waals surface area contributed by atoms with Gasteiger partial charge in [0.15, 0.2) is 0 Å². The highest BCUT2D eigenvalue weighted by atomic mass is 19.4. The fourth-order valence-electron chi connectivity index (χ4n) is 2.58. The Labute approximate surface area is 126 Å². The predicted molar refractivity (Wildman–Crippen MR) is 73.2 cm³/mol. The van der Waals surface area contributed by atoms with Crippen LogP contribution in [0, 0.1) is 11.8 Å². The van der Waals surface area contributed by atoms with E-state index in [-0.39, 0.29) is 19.6 Å². The topological polar surface area (TPSA) is 54.5 Å². The number of carbonyl (C=O) groups excluding carboxylic acids is 1. The molecule has 0 radical (unpaired) electrons. The molecule has 22 heavy (non-hydrogen) atoms. The molecular formula is C14H18F3N3O2. The molecule has 0 aromatic carbocycles. The average molecular weight is 317 g/mol. The van der Waals surface area contributed by atoms with Crippen LogP contribution in [0.1, 0.15) is 5.69 Å². The first kappa shape index (κ1) is 16.5. The van der Waals surface area contributed by atoms with Gasteiger partial charge >= 0.3 is 6.18 Å². The number of carbonyl (C=O) groups is 1. The Balaban J connectivity index is 1.99. The second-order valence-corrected chi connectivity index (χ2v) is 5.36. The third-order valence-corrected chi connectivity index (χ3v) is 3.69. The first-order valence-electron chi connectivity index (χ1n) is 6.84. The van der Waals surface area contributed by atoms with Gasteiger partial charge in [0.05, 0.1) is 31.2 Å². The molecule has 2 rings (SSSR count). The molecule has 0 unspecified atom stereocenters. The van der Waals surface area contributed by atoms with Gasteiger partial charge in [0.1, 0.15) is 0 Å². The monoisotopic (exact) mass is 317 g/mol. The molecule has 2 heterocycles. The van der Waals surface area contributed by atoms with Crippen LogP contribution in [0.2, 0.25) is 0 Å². The lowest BCUT2D eigenvalue weighted by atomic mass is 9.94. The minimum atomic E-state index is -4.37. The SMILES string of the molecule is COc1cccc(CNC(=O)[C@@H]2CN(C)C[C@H]2C(F)(F)F)n1. The van der Waals surface area contributed by atoms with E-state index < -0.39 is 23.9 Å². The first-order valence-corrected chi connectivity index (χ1v) is 6.84. The Bertz CT molecular complexity index is 536. The Morgan fingerprint density at radius 1 is 1.45 bits per heavy atom. The van der Waals surface area contributed by atoms with Gasteiger partial charge in [-0.25, -0.2) is 4.98 Å². The van der Waals surface area contributed by atoms with E-state index in [0.717, 1.165) is 0 Å². The van der Waals surface area contributed by atoms with Crippen LogP contribution in [-0.4, -0.2) is 49.2 Å². The molecule has 0 spiro atoms. The van der Waals surface area contributed by atoms with Crippen LogP contribution in [0.4, 0.5) is 13.2 Å². The fraction of sp³-hybridized carbons (Fsp3) is 0.571. The van der Waals surface area contributed by atoms with Gasteiger partial charge in [-0.05, 0) is 13.1 Å². The van der Waals surface area contributed by atoms with Crippen LogP contribution in [0.3, 0.4) is 0 Å². The maximum Gasteiger partial charge on any atom is 0.393 e. The number of ether oxygens (including phenoxy) is 1. The first-order chi connectivity index (χ1) is 10.3. The summed E-state index contributed by atoms with van der Waals surface area (Å²) in [4.78, 5) is 17.7. The van der Waals surface area contributed by atoms with Gasteiger partial charge in [0, 0.05) is 19.2 Å². The zero-order chi connectivity index (χ0) is 16.3. The molecule has 1 amide bonds. The maximum absolute atomic E-state index is 13.0. The number of hydrogen-bond donors (Lipinski definition) is 1. The van der Waals surface area contributed by atoms with Gasteiger partial charge in [-0.3, -0.25) is 4.79 Å². The molecule has 122 valence electrons. The van der Waals surface area contributed by atoms with Crippen LogP contribution in [-0.2, 0) is 11.3 Å². The van der Waals surface area contributed by atoms with Crippen molar-refractivity contribution in [2.45, 2.75) is 12.7 Å². The van der Waals surface area contributed by atoms with Crippen LogP contribution >= 0.6 is 0 Å². The van der Waals surface area contributed by atoms with Gasteiger partial charge in [-0.15, -0.1) is 0 Å². The van der Waals surface area contributed by atoms with Crippen molar-refractivity contribution in [3.63, 3.8) is 0 Å². The van der Waals surface area contributed by atoms with Crippen molar-refractivity contribution < 1.29 is 22.7 Å². The molecule has 1 aliphatic rings. The number of likely N-dealkylation sites (tertiary alicyclic amines) is 1. The Morgan fingerprint density at radius 3 is 2.82 bits per heavy atom. The van der Waals surface area contributed by atoms with E-state index in [1.165, 1.54) is 12.0 Å². The quantitative estimate of drug-likeness (QED) is 0.913. The molecule has 0 bridgehead atoms. The molecule has 0 saturated carbocycles. The van der Waals surface area contributed by atoms with Gasteiger partial charge in [-0.2, -0.15) is 13.2 Å². The van der Waals surface area contributed by atoms with Crippen LogP contribution in [0.25, 0.3) is 0 Å². The maximum atomic E-state index is 13.0. The zero-order valence-electron chi connectivity index (χ0n) is 12.4. The molecule has 1 N–H and O–H groups in total. The zero-order valence-corrected chi connectivity index (χ0v) is 12.4. The lowest BCUT2D eigenvalue weighted by Crippen LogP contribution is -2.40. The lowest BCUT2D eigenvalue weighted by molar-refractivity contribution is -0.183. The van der Waals surface area contributed by atoms with Gasteiger partial charge in [0.25, 0.3) is 0 Å².